The van der Waals surface area contributed by atoms with Gasteiger partial charge in [-0.3, -0.25) is 15.0 Å². The number of carboxylic acid groups (broad SMARTS) is 1. The van der Waals surface area contributed by atoms with Crippen molar-refractivity contribution in [1.82, 2.24) is 9.88 Å². The molecular formula is C29H28Cl3N3O3S2. The largest absolute Gasteiger partial charge is 0.478 e. The van der Waals surface area contributed by atoms with Crippen molar-refractivity contribution >= 4 is 86.1 Å². The molecule has 2 aromatic heterocycles. The maximum Gasteiger partial charge on any atom is 0.331 e. The zero-order valence-corrected chi connectivity index (χ0v) is 25.7. The molecule has 3 aromatic rings. The molecule has 0 unspecified atom stereocenters. The van der Waals surface area contributed by atoms with E-state index in [-0.39, 0.29) is 21.2 Å². The van der Waals surface area contributed by atoms with Crippen molar-refractivity contribution in [2.45, 2.75) is 51.5 Å². The Morgan fingerprint density at radius 3 is 2.50 bits per heavy atom. The summed E-state index contributed by atoms with van der Waals surface area (Å²) in [5.41, 5.74) is 2.72. The van der Waals surface area contributed by atoms with E-state index in [9.17, 15) is 14.7 Å². The quantitative estimate of drug-likeness (QED) is 0.253. The number of hydrogen-bond donors (Lipinski definition) is 2. The normalized spacial score (nSPS) is 17.1. The number of nitrogens with one attached hydrogen (secondary N) is 1. The van der Waals surface area contributed by atoms with Gasteiger partial charge in [0.25, 0.3) is 5.91 Å². The lowest BCUT2D eigenvalue weighted by Crippen LogP contribution is -2.40. The maximum absolute atomic E-state index is 13.2. The fourth-order valence-electron chi connectivity index (χ4n) is 5.19. The Kier molecular flexibility index (Phi) is 9.35. The summed E-state index contributed by atoms with van der Waals surface area (Å²) in [5, 5.41) is 15.5. The third-order valence-corrected chi connectivity index (χ3v) is 10.2. The molecule has 0 radical (unpaired) electrons. The summed E-state index contributed by atoms with van der Waals surface area (Å²) in [6.07, 6.45) is 11.1. The molecule has 6 nitrogen and oxygen atoms in total. The summed E-state index contributed by atoms with van der Waals surface area (Å²) < 4.78 is 0. The summed E-state index contributed by atoms with van der Waals surface area (Å²) in [6, 6.07) is 5.48. The van der Waals surface area contributed by atoms with Crippen LogP contribution in [0.25, 0.3) is 22.2 Å². The Labute approximate surface area is 256 Å². The minimum atomic E-state index is -1.08. The number of thiazole rings is 1. The number of carbonyl (C=O) groups excluding carboxylic acids is 1. The molecular weight excluding hydrogens is 609 g/mol. The van der Waals surface area contributed by atoms with E-state index in [1.54, 1.807) is 0 Å². The number of anilines is 1. The van der Waals surface area contributed by atoms with E-state index in [0.29, 0.717) is 21.8 Å². The zero-order valence-electron chi connectivity index (χ0n) is 21.8. The zero-order chi connectivity index (χ0) is 28.4. The molecule has 2 aliphatic rings. The molecule has 0 bridgehead atoms. The molecule has 1 aromatic carbocycles. The number of aliphatic carboxylic acids is 1. The third-order valence-electron chi connectivity index (χ3n) is 7.25. The van der Waals surface area contributed by atoms with Crippen LogP contribution in [0.5, 0.6) is 0 Å². The van der Waals surface area contributed by atoms with Crippen LogP contribution in [-0.2, 0) is 4.79 Å². The molecule has 1 amide bonds. The number of rotatable bonds is 7. The standard InChI is InChI=1S/C29H28Cl3N3O3S2/c1-16(28(37)38)10-21-22(31)11-18(12-23(21)32)27(36)34-29-33-25(24-13-19(30)15-39-24)26(40-29)17-6-5-9-35(14-17)20-7-3-2-4-8-20/h6,10-13,15,20H,2-5,7-9,14H2,1H3,(H,37,38)(H,33,34,36)/b16-10+. The first-order valence-corrected chi connectivity index (χ1v) is 15.9. The molecule has 0 spiro atoms. The minimum Gasteiger partial charge on any atom is -0.478 e. The van der Waals surface area contributed by atoms with E-state index < -0.39 is 11.9 Å². The third kappa shape index (κ3) is 6.64. The van der Waals surface area contributed by atoms with E-state index in [2.05, 4.69) is 16.3 Å². The molecule has 1 fully saturated rings. The lowest BCUT2D eigenvalue weighted by molar-refractivity contribution is -0.132. The average Bonchev–Trinajstić information content (AvgIpc) is 3.57. The first kappa shape index (κ1) is 29.3. The molecule has 210 valence electrons. The van der Waals surface area contributed by atoms with Crippen LogP contribution in [0.15, 0.2) is 35.2 Å². The van der Waals surface area contributed by atoms with Gasteiger partial charge in [0, 0.05) is 41.2 Å². The number of carbonyl (C=O) groups is 2. The number of hydrogen-bond acceptors (Lipinski definition) is 6. The number of halogens is 3. The van der Waals surface area contributed by atoms with Crippen LogP contribution in [0, 0.1) is 0 Å². The summed E-state index contributed by atoms with van der Waals surface area (Å²) in [6.45, 7) is 3.38. The lowest BCUT2D eigenvalue weighted by atomic mass is 9.92. The molecule has 0 saturated heterocycles. The predicted octanol–water partition coefficient (Wildman–Crippen LogP) is 8.99. The molecule has 11 heteroatoms. The molecule has 5 rings (SSSR count). The lowest BCUT2D eigenvalue weighted by Gasteiger charge is -2.36. The van der Waals surface area contributed by atoms with E-state index in [1.165, 1.54) is 85.5 Å². The summed E-state index contributed by atoms with van der Waals surface area (Å²) in [4.78, 5) is 33.9. The number of benzene rings is 1. The van der Waals surface area contributed by atoms with Gasteiger partial charge in [-0.15, -0.1) is 11.3 Å². The number of amides is 1. The average molecular weight is 637 g/mol. The topological polar surface area (TPSA) is 82.5 Å². The van der Waals surface area contributed by atoms with Crippen LogP contribution in [-0.4, -0.2) is 46.0 Å². The molecule has 3 heterocycles. The van der Waals surface area contributed by atoms with Crippen molar-refractivity contribution in [3.05, 3.63) is 66.3 Å². The van der Waals surface area contributed by atoms with E-state index in [0.717, 1.165) is 35.0 Å². The fraction of sp³-hybridized carbons (Fsp3) is 0.345. The molecule has 1 saturated carbocycles. The highest BCUT2D eigenvalue weighted by Gasteiger charge is 2.27. The second-order valence-corrected chi connectivity index (χ2v) is 13.2. The van der Waals surface area contributed by atoms with Crippen molar-refractivity contribution in [1.29, 1.82) is 0 Å². The van der Waals surface area contributed by atoms with Gasteiger partial charge in [0.1, 0.15) is 5.69 Å². The van der Waals surface area contributed by atoms with Crippen molar-refractivity contribution < 1.29 is 14.7 Å². The second-order valence-electron chi connectivity index (χ2n) is 10.0. The van der Waals surface area contributed by atoms with Gasteiger partial charge in [-0.2, -0.15) is 0 Å². The first-order chi connectivity index (χ1) is 19.2. The highest BCUT2D eigenvalue weighted by molar-refractivity contribution is 7.18. The highest BCUT2D eigenvalue weighted by Crippen LogP contribution is 2.41. The maximum atomic E-state index is 13.2. The van der Waals surface area contributed by atoms with Crippen molar-refractivity contribution in [2.24, 2.45) is 0 Å². The minimum absolute atomic E-state index is 0.0802. The van der Waals surface area contributed by atoms with Gasteiger partial charge < -0.3 is 5.11 Å². The summed E-state index contributed by atoms with van der Waals surface area (Å²) in [5.74, 6) is -1.49. The fourth-order valence-corrected chi connectivity index (χ4v) is 7.92. The van der Waals surface area contributed by atoms with Crippen LogP contribution >= 0.6 is 57.5 Å². The number of aromatic nitrogens is 1. The Morgan fingerprint density at radius 2 is 1.85 bits per heavy atom. The van der Waals surface area contributed by atoms with Crippen LogP contribution in [0.3, 0.4) is 0 Å². The van der Waals surface area contributed by atoms with Crippen LogP contribution in [0.1, 0.15) is 66.2 Å². The predicted molar refractivity (Wildman–Crippen MR) is 167 cm³/mol. The van der Waals surface area contributed by atoms with Crippen LogP contribution in [0.2, 0.25) is 15.1 Å². The molecule has 0 atom stereocenters. The Hall–Kier alpha value is -2.20. The molecule has 40 heavy (non-hydrogen) atoms. The SMILES string of the molecule is C/C(=C\c1c(Cl)cc(C(=O)Nc2nc(-c3cc(Cl)cs3)c(C3=CCCN(C4CCCCC4)C3)s2)cc1Cl)C(=O)O. The Balaban J connectivity index is 1.42. The molecule has 1 aliphatic carbocycles. The van der Waals surface area contributed by atoms with Gasteiger partial charge in [-0.1, -0.05) is 71.5 Å². The van der Waals surface area contributed by atoms with Crippen LogP contribution in [0.4, 0.5) is 5.13 Å². The molecule has 2 N–H and O–H groups in total. The van der Waals surface area contributed by atoms with Gasteiger partial charge >= 0.3 is 5.97 Å². The number of carboxylic acids is 1. The Morgan fingerprint density at radius 1 is 1.12 bits per heavy atom. The van der Waals surface area contributed by atoms with Gasteiger partial charge in [0.05, 0.1) is 24.8 Å². The number of thiophene rings is 1. The van der Waals surface area contributed by atoms with Gasteiger partial charge in [0.15, 0.2) is 5.13 Å². The van der Waals surface area contributed by atoms with E-state index in [1.807, 2.05) is 11.4 Å². The van der Waals surface area contributed by atoms with Gasteiger partial charge in [-0.25, -0.2) is 9.78 Å². The summed E-state index contributed by atoms with van der Waals surface area (Å²) >= 11 is 22.0. The smallest absolute Gasteiger partial charge is 0.331 e. The van der Waals surface area contributed by atoms with E-state index >= 15 is 0 Å². The second kappa shape index (κ2) is 12.8. The number of nitrogens with zero attached hydrogens (tertiary/aromatic N) is 2. The monoisotopic (exact) mass is 635 g/mol. The highest BCUT2D eigenvalue weighted by atomic mass is 35.5. The van der Waals surface area contributed by atoms with Gasteiger partial charge in [-0.05, 0) is 56.0 Å². The first-order valence-electron chi connectivity index (χ1n) is 13.1. The van der Waals surface area contributed by atoms with Crippen molar-refractivity contribution in [3.63, 3.8) is 0 Å². The van der Waals surface area contributed by atoms with Crippen molar-refractivity contribution in [3.8, 4) is 10.6 Å². The van der Waals surface area contributed by atoms with Gasteiger partial charge in [0.2, 0.25) is 0 Å². The van der Waals surface area contributed by atoms with Crippen LogP contribution < -0.4 is 5.32 Å². The van der Waals surface area contributed by atoms with E-state index in [4.69, 9.17) is 39.8 Å². The van der Waals surface area contributed by atoms with Crippen molar-refractivity contribution in [2.75, 3.05) is 18.4 Å². The molecule has 1 aliphatic heterocycles. The summed E-state index contributed by atoms with van der Waals surface area (Å²) in [7, 11) is 0. The Bertz CT molecular complexity index is 1480.